The number of nitrogens with one attached hydrogen (secondary N) is 2. The molecule has 7 nitrogen and oxygen atoms in total. The second kappa shape index (κ2) is 8.47. The van der Waals surface area contributed by atoms with Crippen LogP contribution >= 0.6 is 0 Å². The van der Waals surface area contributed by atoms with Gasteiger partial charge in [-0.3, -0.25) is 19.8 Å². The molecule has 0 heterocycles. The monoisotopic (exact) mass is 273 g/mol. The van der Waals surface area contributed by atoms with Crippen LogP contribution in [0.15, 0.2) is 0 Å². The van der Waals surface area contributed by atoms with Gasteiger partial charge in [0, 0.05) is 13.1 Å². The van der Waals surface area contributed by atoms with Crippen molar-refractivity contribution >= 4 is 17.9 Å². The summed E-state index contributed by atoms with van der Waals surface area (Å²) in [6.45, 7) is 7.39. The molecule has 1 atom stereocenters. The lowest BCUT2D eigenvalue weighted by Gasteiger charge is -2.30. The first-order valence-electron chi connectivity index (χ1n) is 6.27. The second-order valence-electron chi connectivity index (χ2n) is 4.32. The molecule has 0 aliphatic rings. The van der Waals surface area contributed by atoms with E-state index in [-0.39, 0.29) is 12.6 Å². The molecule has 2 N–H and O–H groups in total. The molecule has 0 radical (unpaired) electrons. The molecule has 19 heavy (non-hydrogen) atoms. The van der Waals surface area contributed by atoms with Crippen molar-refractivity contribution in [3.05, 3.63) is 0 Å². The van der Waals surface area contributed by atoms with Gasteiger partial charge in [0.25, 0.3) is 0 Å². The Kier molecular flexibility index (Phi) is 7.74. The third kappa shape index (κ3) is 6.19. The Labute approximate surface area is 113 Å². The molecule has 0 aromatic rings. The maximum Gasteiger partial charge on any atom is 0.321 e. The highest BCUT2D eigenvalue weighted by Gasteiger charge is 2.26. The van der Waals surface area contributed by atoms with Crippen molar-refractivity contribution in [1.82, 2.24) is 15.5 Å². The van der Waals surface area contributed by atoms with Crippen LogP contribution in [-0.2, 0) is 14.3 Å². The fourth-order valence-electron chi connectivity index (χ4n) is 1.55. The quantitative estimate of drug-likeness (QED) is 0.670. The Morgan fingerprint density at radius 2 is 1.79 bits per heavy atom. The van der Waals surface area contributed by atoms with Crippen LogP contribution in [0.4, 0.5) is 4.79 Å². The first kappa shape index (κ1) is 17.4. The Morgan fingerprint density at radius 3 is 2.21 bits per heavy atom. The van der Waals surface area contributed by atoms with E-state index in [1.54, 1.807) is 18.7 Å². The van der Waals surface area contributed by atoms with Gasteiger partial charge < -0.3 is 10.1 Å². The molecule has 0 bridgehead atoms. The molecular weight excluding hydrogens is 250 g/mol. The van der Waals surface area contributed by atoms with Crippen LogP contribution in [0, 0.1) is 0 Å². The maximum atomic E-state index is 11.8. The molecule has 0 aliphatic heterocycles. The van der Waals surface area contributed by atoms with Crippen molar-refractivity contribution in [2.45, 2.75) is 39.8 Å². The SMILES string of the molecule is CCOC(=O)CN(C(C)C)C(C)C(=O)NC(=O)NC. The topological polar surface area (TPSA) is 87.7 Å². The number of imide groups is 1. The van der Waals surface area contributed by atoms with Crippen LogP contribution in [0.25, 0.3) is 0 Å². The molecule has 0 rings (SSSR count). The van der Waals surface area contributed by atoms with E-state index in [0.29, 0.717) is 6.61 Å². The van der Waals surface area contributed by atoms with Crippen LogP contribution < -0.4 is 10.6 Å². The van der Waals surface area contributed by atoms with Crippen LogP contribution in [0.2, 0.25) is 0 Å². The van der Waals surface area contributed by atoms with E-state index >= 15 is 0 Å². The Hall–Kier alpha value is -1.63. The third-order valence-corrected chi connectivity index (χ3v) is 2.62. The zero-order valence-electron chi connectivity index (χ0n) is 12.1. The number of hydrogen-bond acceptors (Lipinski definition) is 5. The number of hydrogen-bond donors (Lipinski definition) is 2. The standard InChI is InChI=1S/C12H23N3O4/c1-6-19-10(16)7-15(8(2)3)9(4)11(17)14-12(18)13-5/h8-9H,6-7H2,1-5H3,(H2,13,14,17,18). The van der Waals surface area contributed by atoms with Crippen molar-refractivity contribution in [2.24, 2.45) is 0 Å². The first-order valence-corrected chi connectivity index (χ1v) is 6.27. The van der Waals surface area contributed by atoms with Crippen LogP contribution in [-0.4, -0.2) is 55.1 Å². The Bertz CT molecular complexity index is 331. The maximum absolute atomic E-state index is 11.8. The van der Waals surface area contributed by atoms with E-state index in [0.717, 1.165) is 0 Å². The van der Waals surface area contributed by atoms with Crippen molar-refractivity contribution in [2.75, 3.05) is 20.2 Å². The fraction of sp³-hybridized carbons (Fsp3) is 0.750. The lowest BCUT2D eigenvalue weighted by atomic mass is 10.2. The normalized spacial score (nSPS) is 12.2. The summed E-state index contributed by atoms with van der Waals surface area (Å²) in [6, 6.07) is -1.21. The van der Waals surface area contributed by atoms with Crippen LogP contribution in [0.3, 0.4) is 0 Å². The number of amides is 3. The number of carbonyl (C=O) groups is 3. The molecule has 1 unspecified atom stereocenters. The summed E-state index contributed by atoms with van der Waals surface area (Å²) in [7, 11) is 1.42. The highest BCUT2D eigenvalue weighted by atomic mass is 16.5. The molecule has 0 aromatic heterocycles. The van der Waals surface area contributed by atoms with Gasteiger partial charge in [0.05, 0.1) is 19.2 Å². The average Bonchev–Trinajstić information content (AvgIpc) is 2.34. The van der Waals surface area contributed by atoms with Crippen molar-refractivity contribution in [1.29, 1.82) is 0 Å². The molecule has 0 fully saturated rings. The average molecular weight is 273 g/mol. The summed E-state index contributed by atoms with van der Waals surface area (Å²) in [5.41, 5.74) is 0. The summed E-state index contributed by atoms with van der Waals surface area (Å²) < 4.78 is 4.86. The molecular formula is C12H23N3O4. The van der Waals surface area contributed by atoms with Crippen LogP contribution in [0.1, 0.15) is 27.7 Å². The molecule has 3 amide bonds. The molecule has 110 valence electrons. The van der Waals surface area contributed by atoms with Gasteiger partial charge in [0.1, 0.15) is 0 Å². The third-order valence-electron chi connectivity index (χ3n) is 2.62. The van der Waals surface area contributed by atoms with Gasteiger partial charge in [0.2, 0.25) is 5.91 Å². The number of ether oxygens (including phenoxy) is 1. The summed E-state index contributed by atoms with van der Waals surface area (Å²) in [4.78, 5) is 36.1. The van der Waals surface area contributed by atoms with Gasteiger partial charge in [-0.25, -0.2) is 4.79 Å². The summed E-state index contributed by atoms with van der Waals surface area (Å²) in [5.74, 6) is -0.854. The minimum atomic E-state index is -0.610. The predicted octanol–water partition coefficient (Wildman–Crippen LogP) is 0.104. The highest BCUT2D eigenvalue weighted by molar-refractivity contribution is 5.96. The van der Waals surface area contributed by atoms with Gasteiger partial charge in [-0.1, -0.05) is 0 Å². The zero-order valence-corrected chi connectivity index (χ0v) is 12.1. The van der Waals surface area contributed by atoms with Gasteiger partial charge in [-0.2, -0.15) is 0 Å². The Balaban J connectivity index is 4.65. The summed E-state index contributed by atoms with van der Waals surface area (Å²) in [5, 5.41) is 4.49. The smallest absolute Gasteiger partial charge is 0.321 e. The van der Waals surface area contributed by atoms with E-state index in [9.17, 15) is 14.4 Å². The number of rotatable bonds is 6. The second-order valence-corrected chi connectivity index (χ2v) is 4.32. The summed E-state index contributed by atoms with van der Waals surface area (Å²) >= 11 is 0. The van der Waals surface area contributed by atoms with E-state index in [1.165, 1.54) is 7.05 Å². The van der Waals surface area contributed by atoms with Gasteiger partial charge in [-0.15, -0.1) is 0 Å². The number of esters is 1. The van der Waals surface area contributed by atoms with Crippen LogP contribution in [0.5, 0.6) is 0 Å². The molecule has 0 spiro atoms. The molecule has 0 aliphatic carbocycles. The lowest BCUT2D eigenvalue weighted by Crippen LogP contribution is -2.52. The predicted molar refractivity (Wildman–Crippen MR) is 70.5 cm³/mol. The van der Waals surface area contributed by atoms with E-state index in [2.05, 4.69) is 10.6 Å². The lowest BCUT2D eigenvalue weighted by molar-refractivity contribution is -0.146. The fourth-order valence-corrected chi connectivity index (χ4v) is 1.55. The molecule has 0 aromatic carbocycles. The van der Waals surface area contributed by atoms with Crippen molar-refractivity contribution < 1.29 is 19.1 Å². The number of urea groups is 1. The minimum absolute atomic E-state index is 0.00778. The highest BCUT2D eigenvalue weighted by Crippen LogP contribution is 2.06. The first-order chi connectivity index (χ1) is 8.83. The van der Waals surface area contributed by atoms with Gasteiger partial charge in [-0.05, 0) is 27.7 Å². The summed E-state index contributed by atoms with van der Waals surface area (Å²) in [6.07, 6.45) is 0. The zero-order chi connectivity index (χ0) is 15.0. The molecule has 7 heteroatoms. The molecule has 0 saturated carbocycles. The Morgan fingerprint density at radius 1 is 1.21 bits per heavy atom. The van der Waals surface area contributed by atoms with Gasteiger partial charge >= 0.3 is 12.0 Å². The van der Waals surface area contributed by atoms with E-state index in [4.69, 9.17) is 4.74 Å². The van der Waals surface area contributed by atoms with Crippen molar-refractivity contribution in [3.8, 4) is 0 Å². The van der Waals surface area contributed by atoms with E-state index in [1.807, 2.05) is 13.8 Å². The number of carbonyl (C=O) groups excluding carboxylic acids is 3. The van der Waals surface area contributed by atoms with E-state index < -0.39 is 23.9 Å². The van der Waals surface area contributed by atoms with Crippen molar-refractivity contribution in [3.63, 3.8) is 0 Å². The molecule has 0 saturated heterocycles. The minimum Gasteiger partial charge on any atom is -0.465 e. The van der Waals surface area contributed by atoms with Gasteiger partial charge in [0.15, 0.2) is 0 Å². The largest absolute Gasteiger partial charge is 0.465 e. The number of nitrogens with zero attached hydrogens (tertiary/aromatic N) is 1.